The number of ether oxygens (including phenoxy) is 1. The smallest absolute Gasteiger partial charge is 0.237 e. The number of aromatic nitrogens is 3. The lowest BCUT2D eigenvalue weighted by molar-refractivity contribution is 0.415. The van der Waals surface area contributed by atoms with Crippen LogP contribution in [0.3, 0.4) is 0 Å². The fraction of sp³-hybridized carbons (Fsp3) is 0.368. The second-order valence-corrected chi connectivity index (χ2v) is 6.46. The van der Waals surface area contributed by atoms with E-state index in [0.717, 1.165) is 43.2 Å². The minimum atomic E-state index is 0.579. The zero-order chi connectivity index (χ0) is 18.5. The Hall–Kier alpha value is -2.47. The van der Waals surface area contributed by atoms with Gasteiger partial charge in [0.2, 0.25) is 5.78 Å². The monoisotopic (exact) mass is 373 g/mol. The molecule has 0 atom stereocenters. The zero-order valence-corrected chi connectivity index (χ0v) is 16.1. The third-order valence-electron chi connectivity index (χ3n) is 4.10. The average Bonchev–Trinajstić information content (AvgIpc) is 3.11. The minimum Gasteiger partial charge on any atom is -0.497 e. The van der Waals surface area contributed by atoms with Gasteiger partial charge in [-0.2, -0.15) is 4.98 Å². The van der Waals surface area contributed by atoms with Crippen LogP contribution in [0.5, 0.6) is 5.75 Å². The first kappa shape index (κ1) is 18.3. The number of hydrogen-bond acceptors (Lipinski definition) is 5. The van der Waals surface area contributed by atoms with Crippen LogP contribution < -0.4 is 15.0 Å². The number of fused-ring (bicyclic) bond motifs is 1. The predicted octanol–water partition coefficient (Wildman–Crippen LogP) is 4.76. The maximum atomic E-state index is 6.36. The Morgan fingerprint density at radius 2 is 1.96 bits per heavy atom. The van der Waals surface area contributed by atoms with Crippen LogP contribution in [0.1, 0.15) is 26.7 Å². The summed E-state index contributed by atoms with van der Waals surface area (Å²) >= 11 is 6.36. The maximum absolute atomic E-state index is 6.36. The van der Waals surface area contributed by atoms with Gasteiger partial charge in [0.05, 0.1) is 17.8 Å². The van der Waals surface area contributed by atoms with Crippen molar-refractivity contribution in [3.8, 4) is 5.75 Å². The van der Waals surface area contributed by atoms with Crippen molar-refractivity contribution in [2.75, 3.05) is 30.4 Å². The molecule has 0 aliphatic rings. The highest BCUT2D eigenvalue weighted by molar-refractivity contribution is 6.33. The molecule has 0 aliphatic heterocycles. The Balaban J connectivity index is 1.99. The molecule has 0 saturated heterocycles. The van der Waals surface area contributed by atoms with Gasteiger partial charge < -0.3 is 15.0 Å². The third kappa shape index (κ3) is 3.85. The quantitative estimate of drug-likeness (QED) is 0.616. The lowest BCUT2D eigenvalue weighted by Crippen LogP contribution is -2.27. The first-order valence-corrected chi connectivity index (χ1v) is 9.23. The first-order chi connectivity index (χ1) is 12.7. The minimum absolute atomic E-state index is 0.579. The van der Waals surface area contributed by atoms with Gasteiger partial charge in [-0.25, -0.2) is 4.98 Å². The van der Waals surface area contributed by atoms with Gasteiger partial charge in [-0.15, -0.1) is 0 Å². The van der Waals surface area contributed by atoms with Gasteiger partial charge in [0.15, 0.2) is 0 Å². The summed E-state index contributed by atoms with van der Waals surface area (Å²) in [6.07, 6.45) is 5.86. The van der Waals surface area contributed by atoms with Crippen molar-refractivity contribution in [2.45, 2.75) is 26.7 Å². The van der Waals surface area contributed by atoms with E-state index in [-0.39, 0.29) is 0 Å². The SMILES string of the molecule is CCCN(CCC)c1cc(Nc2ccc(OC)cc2Cl)nc2nccn12. The molecule has 0 amide bonds. The van der Waals surface area contributed by atoms with E-state index < -0.39 is 0 Å². The van der Waals surface area contributed by atoms with Crippen molar-refractivity contribution >= 4 is 34.7 Å². The number of rotatable bonds is 8. The summed E-state index contributed by atoms with van der Waals surface area (Å²) in [5, 5.41) is 3.88. The number of hydrogen-bond donors (Lipinski definition) is 1. The summed E-state index contributed by atoms with van der Waals surface area (Å²) in [5.41, 5.74) is 0.777. The fourth-order valence-corrected chi connectivity index (χ4v) is 3.16. The van der Waals surface area contributed by atoms with Crippen LogP contribution in [0.15, 0.2) is 36.7 Å². The van der Waals surface area contributed by atoms with E-state index in [1.54, 1.807) is 19.4 Å². The van der Waals surface area contributed by atoms with Gasteiger partial charge >= 0.3 is 0 Å². The van der Waals surface area contributed by atoms with Crippen molar-refractivity contribution in [3.05, 3.63) is 41.7 Å². The number of benzene rings is 1. The molecule has 138 valence electrons. The number of methoxy groups -OCH3 is 1. The van der Waals surface area contributed by atoms with E-state index >= 15 is 0 Å². The van der Waals surface area contributed by atoms with E-state index in [9.17, 15) is 0 Å². The summed E-state index contributed by atoms with van der Waals surface area (Å²) in [6.45, 7) is 6.33. The lowest BCUT2D eigenvalue weighted by Gasteiger charge is -2.25. The molecular weight excluding hydrogens is 350 g/mol. The van der Waals surface area contributed by atoms with E-state index in [1.165, 1.54) is 0 Å². The van der Waals surface area contributed by atoms with Crippen LogP contribution in [0.2, 0.25) is 5.02 Å². The number of nitrogens with one attached hydrogen (secondary N) is 1. The van der Waals surface area contributed by atoms with Crippen LogP contribution >= 0.6 is 11.6 Å². The Labute approximate surface area is 158 Å². The van der Waals surface area contributed by atoms with Crippen molar-refractivity contribution in [1.29, 1.82) is 0 Å². The maximum Gasteiger partial charge on any atom is 0.237 e. The number of anilines is 3. The molecule has 1 N–H and O–H groups in total. The predicted molar refractivity (Wildman–Crippen MR) is 107 cm³/mol. The van der Waals surface area contributed by atoms with E-state index in [2.05, 4.69) is 34.0 Å². The average molecular weight is 374 g/mol. The van der Waals surface area contributed by atoms with Crippen LogP contribution in [-0.2, 0) is 0 Å². The summed E-state index contributed by atoms with van der Waals surface area (Å²) in [7, 11) is 1.62. The Bertz CT molecular complexity index is 873. The Morgan fingerprint density at radius 1 is 1.19 bits per heavy atom. The van der Waals surface area contributed by atoms with E-state index in [1.807, 2.05) is 28.8 Å². The molecule has 2 aromatic heterocycles. The molecule has 0 aliphatic carbocycles. The van der Waals surface area contributed by atoms with Gasteiger partial charge in [0, 0.05) is 37.6 Å². The largest absolute Gasteiger partial charge is 0.497 e. The van der Waals surface area contributed by atoms with Gasteiger partial charge in [-0.05, 0) is 25.0 Å². The summed E-state index contributed by atoms with van der Waals surface area (Å²) in [4.78, 5) is 11.3. The molecule has 3 aromatic rings. The second-order valence-electron chi connectivity index (χ2n) is 6.05. The van der Waals surface area contributed by atoms with E-state index in [0.29, 0.717) is 16.6 Å². The number of imidazole rings is 1. The zero-order valence-electron chi connectivity index (χ0n) is 15.4. The van der Waals surface area contributed by atoms with Crippen LogP contribution in [0.25, 0.3) is 5.78 Å². The molecule has 7 heteroatoms. The molecule has 6 nitrogen and oxygen atoms in total. The first-order valence-electron chi connectivity index (χ1n) is 8.85. The highest BCUT2D eigenvalue weighted by atomic mass is 35.5. The molecule has 0 spiro atoms. The molecule has 0 saturated carbocycles. The normalized spacial score (nSPS) is 10.9. The number of halogens is 1. The molecule has 0 unspecified atom stereocenters. The lowest BCUT2D eigenvalue weighted by atomic mass is 10.3. The number of nitrogens with zero attached hydrogens (tertiary/aromatic N) is 4. The van der Waals surface area contributed by atoms with Crippen molar-refractivity contribution in [2.24, 2.45) is 0 Å². The molecular formula is C19H24ClN5O. The van der Waals surface area contributed by atoms with Crippen molar-refractivity contribution < 1.29 is 4.74 Å². The van der Waals surface area contributed by atoms with Gasteiger partial charge in [0.25, 0.3) is 0 Å². The van der Waals surface area contributed by atoms with Crippen LogP contribution in [0, 0.1) is 0 Å². The van der Waals surface area contributed by atoms with E-state index in [4.69, 9.17) is 16.3 Å². The van der Waals surface area contributed by atoms with Crippen LogP contribution in [-0.4, -0.2) is 34.6 Å². The molecule has 0 bridgehead atoms. The van der Waals surface area contributed by atoms with Crippen molar-refractivity contribution in [1.82, 2.24) is 14.4 Å². The summed E-state index contributed by atoms with van der Waals surface area (Å²) in [6, 6.07) is 7.57. The van der Waals surface area contributed by atoms with Gasteiger partial charge in [-0.3, -0.25) is 4.40 Å². The highest BCUT2D eigenvalue weighted by Crippen LogP contribution is 2.30. The summed E-state index contributed by atoms with van der Waals surface area (Å²) < 4.78 is 7.22. The Kier molecular flexibility index (Phi) is 5.83. The molecule has 0 fully saturated rings. The van der Waals surface area contributed by atoms with Crippen molar-refractivity contribution in [3.63, 3.8) is 0 Å². The molecule has 2 heterocycles. The molecule has 26 heavy (non-hydrogen) atoms. The molecule has 0 radical (unpaired) electrons. The topological polar surface area (TPSA) is 54.7 Å². The molecule has 1 aromatic carbocycles. The highest BCUT2D eigenvalue weighted by Gasteiger charge is 2.13. The summed E-state index contributed by atoms with van der Waals surface area (Å²) in [5.74, 6) is 3.16. The Morgan fingerprint density at radius 3 is 2.62 bits per heavy atom. The molecule has 3 rings (SSSR count). The fourth-order valence-electron chi connectivity index (χ4n) is 2.94. The standard InChI is InChI=1S/C19H24ClN5O/c1-4-9-24(10-5-2)18-13-17(23-19-21-8-11-25(18)19)22-16-7-6-14(26-3)12-15(16)20/h6-8,11-13H,4-5,9-10H2,1-3H3,(H,21,22,23). The second kappa shape index (κ2) is 8.27. The van der Waals surface area contributed by atoms with Crippen LogP contribution in [0.4, 0.5) is 17.3 Å². The van der Waals surface area contributed by atoms with Gasteiger partial charge in [0.1, 0.15) is 17.4 Å². The third-order valence-corrected chi connectivity index (χ3v) is 4.42. The van der Waals surface area contributed by atoms with Gasteiger partial charge in [-0.1, -0.05) is 25.4 Å².